The molecule has 7 heteroatoms. The van der Waals surface area contributed by atoms with Gasteiger partial charge in [-0.05, 0) is 55.5 Å². The van der Waals surface area contributed by atoms with Gasteiger partial charge in [0.2, 0.25) is 11.8 Å². The van der Waals surface area contributed by atoms with Crippen LogP contribution in [0.25, 0.3) is 0 Å². The van der Waals surface area contributed by atoms with E-state index >= 15 is 0 Å². The molecule has 3 rings (SSSR count). The zero-order valence-corrected chi connectivity index (χ0v) is 22.6. The number of nitrogens with one attached hydrogen (secondary N) is 1. The van der Waals surface area contributed by atoms with Crippen LogP contribution in [0.1, 0.15) is 103 Å². The van der Waals surface area contributed by atoms with E-state index in [-0.39, 0.29) is 34.0 Å². The van der Waals surface area contributed by atoms with Crippen molar-refractivity contribution in [2.45, 2.75) is 126 Å². The van der Waals surface area contributed by atoms with Crippen molar-refractivity contribution in [3.05, 3.63) is 0 Å². The van der Waals surface area contributed by atoms with Gasteiger partial charge in [0.15, 0.2) is 0 Å². The van der Waals surface area contributed by atoms with Crippen molar-refractivity contribution in [2.24, 2.45) is 5.73 Å². The molecule has 3 aliphatic rings. The molecule has 2 amide bonds. The van der Waals surface area contributed by atoms with Gasteiger partial charge in [-0.25, -0.2) is 0 Å². The first-order chi connectivity index (χ1) is 14.0. The third-order valence-corrected chi connectivity index (χ3v) is 11.3. The maximum absolute atomic E-state index is 10.4. The number of hydrogen-bond acceptors (Lipinski definition) is 3. The predicted molar refractivity (Wildman–Crippen MR) is 127 cm³/mol. The van der Waals surface area contributed by atoms with Gasteiger partial charge in [-0.2, -0.15) is 0 Å². The summed E-state index contributed by atoms with van der Waals surface area (Å²) in [6, 6.07) is -0.701. The van der Waals surface area contributed by atoms with Crippen LogP contribution < -0.4 is 11.1 Å². The minimum absolute atomic E-state index is 0. The average molecular weight is 639 g/mol. The summed E-state index contributed by atoms with van der Waals surface area (Å²) in [6.45, 7) is 1.31. The van der Waals surface area contributed by atoms with Crippen LogP contribution in [0.4, 0.5) is 0 Å². The molecule has 0 aliphatic heterocycles. The van der Waals surface area contributed by atoms with E-state index in [1.54, 1.807) is 77.0 Å². The Morgan fingerprint density at radius 2 is 1.17 bits per heavy atom. The molecule has 178 valence electrons. The van der Waals surface area contributed by atoms with Crippen LogP contribution in [0.5, 0.6) is 0 Å². The zero-order valence-electron chi connectivity index (χ0n) is 18.7. The standard InChI is InChI=1S/C18H33P.C5H10N2O2S.Au/c1-4-10-16(11-5-1)19(17-12-6-2-7-13-17)18-14-8-3-9-15-18;1-3(8)7-4(2-10)5(6)9;/h16-18H,1-15H2;4,10H,2H2,1H3,(H2,6,9)(H,7,8);/q;;+1/p-1. The molecule has 0 aromatic rings. The molecule has 3 N–H and O–H groups in total. The van der Waals surface area contributed by atoms with Crippen LogP contribution >= 0.6 is 7.92 Å². The van der Waals surface area contributed by atoms with Gasteiger partial charge in [-0.15, -0.1) is 5.75 Å². The van der Waals surface area contributed by atoms with E-state index in [2.05, 4.69) is 17.9 Å². The summed E-state index contributed by atoms with van der Waals surface area (Å²) >= 11 is 4.55. The van der Waals surface area contributed by atoms with Gasteiger partial charge in [-0.1, -0.05) is 65.7 Å². The van der Waals surface area contributed by atoms with E-state index in [1.807, 2.05) is 0 Å². The monoisotopic (exact) mass is 638 g/mol. The summed E-state index contributed by atoms with van der Waals surface area (Å²) in [5, 5.41) is 2.31. The van der Waals surface area contributed by atoms with Gasteiger partial charge >= 0.3 is 22.4 Å². The Bertz CT molecular complexity index is 451. The van der Waals surface area contributed by atoms with Crippen molar-refractivity contribution in [3.8, 4) is 0 Å². The van der Waals surface area contributed by atoms with E-state index in [4.69, 9.17) is 5.73 Å². The third kappa shape index (κ3) is 9.94. The largest absolute Gasteiger partial charge is 1.00 e. The SMILES string of the molecule is C1CCC(P(C2CCCCC2)C2CCCCC2)CC1.CC(=O)NC(C[S-])C(N)=O.[Au+]. The first kappa shape index (κ1) is 28.5. The van der Waals surface area contributed by atoms with E-state index in [1.165, 1.54) is 43.2 Å². The third-order valence-electron chi connectivity index (χ3n) is 6.88. The molecule has 30 heavy (non-hydrogen) atoms. The van der Waals surface area contributed by atoms with Gasteiger partial charge in [0, 0.05) is 6.92 Å². The van der Waals surface area contributed by atoms with E-state index in [9.17, 15) is 9.59 Å². The maximum atomic E-state index is 10.4. The minimum Gasteiger partial charge on any atom is -0.790 e. The Hall–Kier alpha value is 0.460. The van der Waals surface area contributed by atoms with Crippen molar-refractivity contribution < 1.29 is 32.0 Å². The summed E-state index contributed by atoms with van der Waals surface area (Å²) in [4.78, 5) is 20.8. The number of amides is 2. The number of hydrogen-bond donors (Lipinski definition) is 2. The fourth-order valence-corrected chi connectivity index (χ4v) is 10.4. The van der Waals surface area contributed by atoms with Crippen LogP contribution in [-0.4, -0.2) is 40.6 Å². The summed E-state index contributed by atoms with van der Waals surface area (Å²) < 4.78 is 0. The average Bonchev–Trinajstić information content (AvgIpc) is 2.75. The van der Waals surface area contributed by atoms with Crippen LogP contribution in [0.3, 0.4) is 0 Å². The number of rotatable bonds is 6. The van der Waals surface area contributed by atoms with E-state index in [0.717, 1.165) is 0 Å². The summed E-state index contributed by atoms with van der Waals surface area (Å²) in [6.07, 6.45) is 23.6. The smallest absolute Gasteiger partial charge is 0.790 e. The molecule has 1 atom stereocenters. The quantitative estimate of drug-likeness (QED) is 0.245. The molecule has 0 aromatic carbocycles. The van der Waals surface area contributed by atoms with Gasteiger partial charge in [0.05, 0.1) is 6.04 Å². The van der Waals surface area contributed by atoms with Gasteiger partial charge < -0.3 is 23.7 Å². The molecular formula is C23H42AuN2O2PS. The molecule has 0 bridgehead atoms. The van der Waals surface area contributed by atoms with Crippen molar-refractivity contribution >= 4 is 32.4 Å². The van der Waals surface area contributed by atoms with Crippen molar-refractivity contribution in [1.82, 2.24) is 5.32 Å². The molecule has 3 fully saturated rings. The normalized spacial score (nSPS) is 22.4. The molecule has 0 aromatic heterocycles. The van der Waals surface area contributed by atoms with Gasteiger partial charge in [0.1, 0.15) is 0 Å². The van der Waals surface area contributed by atoms with Crippen LogP contribution in [-0.2, 0) is 44.6 Å². The summed E-state index contributed by atoms with van der Waals surface area (Å²) in [5.74, 6) is -0.770. The van der Waals surface area contributed by atoms with Crippen LogP contribution in [0.2, 0.25) is 0 Å². The molecule has 0 heterocycles. The van der Waals surface area contributed by atoms with E-state index in [0.29, 0.717) is 7.92 Å². The first-order valence-electron chi connectivity index (χ1n) is 11.9. The Morgan fingerprint density at radius 3 is 1.37 bits per heavy atom. The second-order valence-electron chi connectivity index (χ2n) is 9.14. The molecule has 0 saturated heterocycles. The van der Waals surface area contributed by atoms with Gasteiger partial charge in [0.25, 0.3) is 0 Å². The predicted octanol–water partition coefficient (Wildman–Crippen LogP) is 4.99. The summed E-state index contributed by atoms with van der Waals surface area (Å²) in [5.41, 5.74) is 8.44. The van der Waals surface area contributed by atoms with Crippen molar-refractivity contribution in [2.75, 3.05) is 5.75 Å². The fraction of sp³-hybridized carbons (Fsp3) is 0.913. The van der Waals surface area contributed by atoms with Crippen LogP contribution in [0.15, 0.2) is 0 Å². The van der Waals surface area contributed by atoms with E-state index < -0.39 is 11.9 Å². The minimum atomic E-state index is -0.701. The molecule has 3 saturated carbocycles. The second kappa shape index (κ2) is 16.1. The number of carbonyl (C=O) groups excluding carboxylic acids is 2. The van der Waals surface area contributed by atoms with Crippen LogP contribution in [0, 0.1) is 0 Å². The maximum Gasteiger partial charge on any atom is 1.00 e. The molecular weight excluding hydrogens is 596 g/mol. The fourth-order valence-electron chi connectivity index (χ4n) is 5.47. The molecule has 1 unspecified atom stereocenters. The Kier molecular flexibility index (Phi) is 15.3. The number of primary amides is 1. The Balaban J connectivity index is 0.000000354. The first-order valence-corrected chi connectivity index (χ1v) is 14.1. The molecule has 3 aliphatic carbocycles. The molecule has 0 radical (unpaired) electrons. The number of nitrogens with two attached hydrogens (primary N) is 1. The molecule has 0 spiro atoms. The Labute approximate surface area is 206 Å². The van der Waals surface area contributed by atoms with Gasteiger partial charge in [-0.3, -0.25) is 9.59 Å². The number of carbonyl (C=O) groups is 2. The topological polar surface area (TPSA) is 72.2 Å². The molecule has 4 nitrogen and oxygen atoms in total. The summed E-state index contributed by atoms with van der Waals surface area (Å²) in [7, 11) is 0.385. The second-order valence-corrected chi connectivity index (χ2v) is 12.6. The zero-order chi connectivity index (χ0) is 21.1. The van der Waals surface area contributed by atoms with Crippen molar-refractivity contribution in [1.29, 1.82) is 0 Å². The Morgan fingerprint density at radius 1 is 0.833 bits per heavy atom. The van der Waals surface area contributed by atoms with Crippen molar-refractivity contribution in [3.63, 3.8) is 0 Å².